The number of aryl methyl sites for hydroxylation is 1. The van der Waals surface area contributed by atoms with Gasteiger partial charge in [0.05, 0.1) is 0 Å². The highest BCUT2D eigenvalue weighted by Crippen LogP contribution is 2.44. The van der Waals surface area contributed by atoms with Gasteiger partial charge in [0.15, 0.2) is 0 Å². The average Bonchev–Trinajstić information content (AvgIpc) is 2.38. The first-order chi connectivity index (χ1) is 9.27. The molecule has 1 aliphatic carbocycles. The number of nitrogens with zero attached hydrogens (tertiary/aromatic N) is 1. The van der Waals surface area contributed by atoms with Crippen molar-refractivity contribution >= 4 is 24.8 Å². The summed E-state index contributed by atoms with van der Waals surface area (Å²) in [6.07, 6.45) is 3.96. The molecule has 1 saturated carbocycles. The minimum Gasteiger partial charge on any atom is -0.507 e. The zero-order valence-corrected chi connectivity index (χ0v) is 14.2. The Hall–Kier alpha value is -0.480. The van der Waals surface area contributed by atoms with Crippen molar-refractivity contribution in [1.82, 2.24) is 10.2 Å². The Labute approximate surface area is 139 Å². The van der Waals surface area contributed by atoms with Crippen molar-refractivity contribution in [2.75, 3.05) is 26.2 Å². The monoisotopic (exact) mass is 332 g/mol. The lowest BCUT2D eigenvalue weighted by atomic mass is 9.76. The Morgan fingerprint density at radius 2 is 1.86 bits per heavy atom. The van der Waals surface area contributed by atoms with E-state index in [1.54, 1.807) is 0 Å². The first-order valence-corrected chi connectivity index (χ1v) is 7.50. The van der Waals surface area contributed by atoms with Gasteiger partial charge >= 0.3 is 0 Å². The molecule has 3 rings (SSSR count). The predicted octanol–water partition coefficient (Wildman–Crippen LogP) is 3.29. The van der Waals surface area contributed by atoms with Gasteiger partial charge in [0.25, 0.3) is 0 Å². The van der Waals surface area contributed by atoms with Gasteiger partial charge in [-0.2, -0.15) is 0 Å². The molecule has 1 heterocycles. The normalized spacial score (nSPS) is 20.8. The SMILES string of the molecule is Cc1cccc([C@H](C2CCC2)N2CCNCC2)c1O.Cl.Cl. The van der Waals surface area contributed by atoms with E-state index >= 15 is 0 Å². The number of phenolic OH excluding ortho intramolecular Hbond substituents is 1. The maximum absolute atomic E-state index is 10.4. The van der Waals surface area contributed by atoms with Crippen LogP contribution in [0, 0.1) is 12.8 Å². The second-order valence-corrected chi connectivity index (χ2v) is 5.93. The molecule has 3 nitrogen and oxygen atoms in total. The zero-order valence-electron chi connectivity index (χ0n) is 12.5. The number of nitrogens with one attached hydrogen (secondary N) is 1. The van der Waals surface area contributed by atoms with Gasteiger partial charge in [0, 0.05) is 37.8 Å². The van der Waals surface area contributed by atoms with Crippen LogP contribution in [0.2, 0.25) is 0 Å². The van der Waals surface area contributed by atoms with E-state index in [1.165, 1.54) is 19.3 Å². The molecule has 2 N–H and O–H groups in total. The number of para-hydroxylation sites is 1. The molecule has 2 fully saturated rings. The lowest BCUT2D eigenvalue weighted by molar-refractivity contribution is 0.0819. The maximum atomic E-state index is 10.4. The molecule has 1 atom stereocenters. The number of rotatable bonds is 3. The fraction of sp³-hybridized carbons (Fsp3) is 0.625. The summed E-state index contributed by atoms with van der Waals surface area (Å²) in [5.74, 6) is 1.24. The number of phenols is 1. The van der Waals surface area contributed by atoms with Crippen LogP contribution in [0.4, 0.5) is 0 Å². The molecule has 5 heteroatoms. The summed E-state index contributed by atoms with van der Waals surface area (Å²) in [6, 6.07) is 6.61. The molecule has 1 aromatic carbocycles. The summed E-state index contributed by atoms with van der Waals surface area (Å²) in [4.78, 5) is 2.56. The van der Waals surface area contributed by atoms with E-state index in [-0.39, 0.29) is 24.8 Å². The van der Waals surface area contributed by atoms with Gasteiger partial charge < -0.3 is 10.4 Å². The van der Waals surface area contributed by atoms with E-state index in [2.05, 4.69) is 22.3 Å². The second kappa shape index (κ2) is 8.23. The van der Waals surface area contributed by atoms with Crippen LogP contribution in [-0.4, -0.2) is 36.2 Å². The molecule has 120 valence electrons. The largest absolute Gasteiger partial charge is 0.507 e. The van der Waals surface area contributed by atoms with Crippen LogP contribution in [0.15, 0.2) is 18.2 Å². The lowest BCUT2D eigenvalue weighted by Gasteiger charge is -2.43. The summed E-state index contributed by atoms with van der Waals surface area (Å²) >= 11 is 0. The number of hydrogen-bond donors (Lipinski definition) is 2. The van der Waals surface area contributed by atoms with Crippen molar-refractivity contribution in [3.63, 3.8) is 0 Å². The van der Waals surface area contributed by atoms with Crippen LogP contribution in [0.5, 0.6) is 5.75 Å². The molecular formula is C16H26Cl2N2O. The standard InChI is InChI=1S/C16H24N2O.2ClH/c1-12-4-2-7-14(16(12)19)15(13-5-3-6-13)18-10-8-17-9-11-18;;/h2,4,7,13,15,17,19H,3,5-6,8-11H2,1H3;2*1H/t15-;;/m0../s1. The van der Waals surface area contributed by atoms with Crippen LogP contribution in [-0.2, 0) is 0 Å². The topological polar surface area (TPSA) is 35.5 Å². The number of hydrogen-bond acceptors (Lipinski definition) is 3. The third-order valence-corrected chi connectivity index (χ3v) is 4.73. The highest BCUT2D eigenvalue weighted by atomic mass is 35.5. The molecule has 0 amide bonds. The van der Waals surface area contributed by atoms with Crippen LogP contribution in [0.1, 0.15) is 36.4 Å². The fourth-order valence-corrected chi connectivity index (χ4v) is 3.38. The number of aromatic hydroxyl groups is 1. The van der Waals surface area contributed by atoms with Gasteiger partial charge in [-0.15, -0.1) is 24.8 Å². The summed E-state index contributed by atoms with van der Waals surface area (Å²) in [5.41, 5.74) is 2.14. The summed E-state index contributed by atoms with van der Waals surface area (Å²) in [5, 5.41) is 13.8. The number of halogens is 2. The van der Waals surface area contributed by atoms with Crippen LogP contribution < -0.4 is 5.32 Å². The Bertz CT molecular complexity index is 446. The Morgan fingerprint density at radius 3 is 2.43 bits per heavy atom. The van der Waals surface area contributed by atoms with Gasteiger partial charge in [-0.05, 0) is 31.2 Å². The van der Waals surface area contributed by atoms with Crippen molar-refractivity contribution in [2.45, 2.75) is 32.2 Å². The molecule has 0 radical (unpaired) electrons. The number of piperazine rings is 1. The summed E-state index contributed by atoms with van der Waals surface area (Å²) < 4.78 is 0. The van der Waals surface area contributed by atoms with Crippen LogP contribution in [0.3, 0.4) is 0 Å². The Kier molecular flexibility index (Phi) is 7.28. The smallest absolute Gasteiger partial charge is 0.123 e. The van der Waals surface area contributed by atoms with Gasteiger partial charge in [-0.25, -0.2) is 0 Å². The molecule has 1 aliphatic heterocycles. The molecular weight excluding hydrogens is 307 g/mol. The van der Waals surface area contributed by atoms with Crippen molar-refractivity contribution in [3.8, 4) is 5.75 Å². The van der Waals surface area contributed by atoms with Crippen molar-refractivity contribution < 1.29 is 5.11 Å². The van der Waals surface area contributed by atoms with Crippen molar-refractivity contribution in [3.05, 3.63) is 29.3 Å². The Morgan fingerprint density at radius 1 is 1.19 bits per heavy atom. The zero-order chi connectivity index (χ0) is 13.2. The van der Waals surface area contributed by atoms with E-state index in [1.807, 2.05) is 13.0 Å². The lowest BCUT2D eigenvalue weighted by Crippen LogP contribution is -2.47. The molecule has 0 unspecified atom stereocenters. The first kappa shape index (κ1) is 18.6. The highest BCUT2D eigenvalue weighted by Gasteiger charge is 2.35. The summed E-state index contributed by atoms with van der Waals surface area (Å²) in [6.45, 7) is 6.31. The molecule has 0 spiro atoms. The van der Waals surface area contributed by atoms with E-state index in [4.69, 9.17) is 0 Å². The highest BCUT2D eigenvalue weighted by molar-refractivity contribution is 5.85. The first-order valence-electron chi connectivity index (χ1n) is 7.50. The fourth-order valence-electron chi connectivity index (χ4n) is 3.38. The molecule has 1 saturated heterocycles. The van der Waals surface area contributed by atoms with Gasteiger partial charge in [-0.3, -0.25) is 4.90 Å². The molecule has 21 heavy (non-hydrogen) atoms. The van der Waals surface area contributed by atoms with Gasteiger partial charge in [0.2, 0.25) is 0 Å². The van der Waals surface area contributed by atoms with E-state index in [9.17, 15) is 5.11 Å². The summed E-state index contributed by atoms with van der Waals surface area (Å²) in [7, 11) is 0. The predicted molar refractivity (Wildman–Crippen MR) is 91.9 cm³/mol. The minimum atomic E-state index is 0. The van der Waals surface area contributed by atoms with Crippen molar-refractivity contribution in [2.24, 2.45) is 5.92 Å². The third kappa shape index (κ3) is 3.84. The van der Waals surface area contributed by atoms with E-state index in [0.29, 0.717) is 11.8 Å². The van der Waals surface area contributed by atoms with E-state index in [0.717, 1.165) is 43.2 Å². The second-order valence-electron chi connectivity index (χ2n) is 5.93. The molecule has 0 aromatic heterocycles. The van der Waals surface area contributed by atoms with Gasteiger partial charge in [0.1, 0.15) is 5.75 Å². The maximum Gasteiger partial charge on any atom is 0.123 e. The van der Waals surface area contributed by atoms with Crippen LogP contribution in [0.25, 0.3) is 0 Å². The minimum absolute atomic E-state index is 0. The molecule has 2 aliphatic rings. The molecule has 1 aromatic rings. The van der Waals surface area contributed by atoms with Crippen LogP contribution >= 0.6 is 24.8 Å². The molecule has 0 bridgehead atoms. The number of benzene rings is 1. The van der Waals surface area contributed by atoms with E-state index < -0.39 is 0 Å². The average molecular weight is 333 g/mol. The quantitative estimate of drug-likeness (QED) is 0.891. The third-order valence-electron chi connectivity index (χ3n) is 4.73. The van der Waals surface area contributed by atoms with Crippen molar-refractivity contribution in [1.29, 1.82) is 0 Å². The van der Waals surface area contributed by atoms with Gasteiger partial charge in [-0.1, -0.05) is 24.6 Å². The Balaban J connectivity index is 0.00000110.